The highest BCUT2D eigenvalue weighted by Crippen LogP contribution is 2.30. The lowest BCUT2D eigenvalue weighted by atomic mass is 10.3. The lowest BCUT2D eigenvalue weighted by Gasteiger charge is -2.02. The number of hydrogen-bond acceptors (Lipinski definition) is 3. The molecule has 1 aromatic carbocycles. The van der Waals surface area contributed by atoms with Crippen molar-refractivity contribution < 1.29 is 12.8 Å². The summed E-state index contributed by atoms with van der Waals surface area (Å²) >= 11 is 5.92. The van der Waals surface area contributed by atoms with E-state index in [0.29, 0.717) is 5.69 Å². The molecule has 1 aromatic heterocycles. The molecule has 0 spiro atoms. The summed E-state index contributed by atoms with van der Waals surface area (Å²) in [6, 6.07) is 5.45. The van der Waals surface area contributed by atoms with Crippen molar-refractivity contribution in [3.8, 4) is 5.69 Å². The number of aromatic nitrogens is 2. The molecule has 0 aliphatic rings. The van der Waals surface area contributed by atoms with Gasteiger partial charge in [0.1, 0.15) is 10.7 Å². The average molecular weight is 309 g/mol. The number of benzene rings is 1. The van der Waals surface area contributed by atoms with Crippen LogP contribution in [-0.4, -0.2) is 18.2 Å². The highest BCUT2D eigenvalue weighted by Gasteiger charge is 2.24. The molecule has 0 N–H and O–H groups in total. The van der Waals surface area contributed by atoms with Gasteiger partial charge in [-0.25, -0.2) is 17.5 Å². The Morgan fingerprint density at radius 1 is 1.39 bits per heavy atom. The van der Waals surface area contributed by atoms with E-state index in [1.54, 1.807) is 6.07 Å². The van der Waals surface area contributed by atoms with Gasteiger partial charge in [0.25, 0.3) is 9.05 Å². The first-order valence-corrected chi connectivity index (χ1v) is 7.45. The fourth-order valence-corrected chi connectivity index (χ4v) is 3.47. The van der Waals surface area contributed by atoms with Crippen molar-refractivity contribution in [1.82, 2.24) is 9.78 Å². The summed E-state index contributed by atoms with van der Waals surface area (Å²) in [7, 11) is 1.26. The molecule has 1 heterocycles. The number of hydrogen-bond donors (Lipinski definition) is 0. The van der Waals surface area contributed by atoms with Crippen LogP contribution in [0, 0.1) is 12.7 Å². The predicted octanol–water partition coefficient (Wildman–Crippen LogP) is 2.90. The largest absolute Gasteiger partial charge is 0.266 e. The van der Waals surface area contributed by atoms with E-state index in [9.17, 15) is 12.8 Å². The molecule has 0 saturated heterocycles. The zero-order chi connectivity index (χ0) is 13.5. The third-order valence-electron chi connectivity index (χ3n) is 2.25. The van der Waals surface area contributed by atoms with E-state index in [4.69, 9.17) is 22.3 Å². The summed E-state index contributed by atoms with van der Waals surface area (Å²) < 4.78 is 36.9. The average Bonchev–Trinajstić information content (AvgIpc) is 2.53. The van der Waals surface area contributed by atoms with Crippen LogP contribution in [0.3, 0.4) is 0 Å². The third-order valence-corrected chi connectivity index (χ3v) is 4.15. The zero-order valence-electron chi connectivity index (χ0n) is 9.06. The van der Waals surface area contributed by atoms with Gasteiger partial charge in [-0.1, -0.05) is 17.7 Å². The van der Waals surface area contributed by atoms with E-state index < -0.39 is 14.9 Å². The summed E-state index contributed by atoms with van der Waals surface area (Å²) in [4.78, 5) is -0.268. The van der Waals surface area contributed by atoms with Crippen LogP contribution in [0.4, 0.5) is 4.39 Å². The maximum absolute atomic E-state index is 13.1. The van der Waals surface area contributed by atoms with Gasteiger partial charge in [-0.05, 0) is 25.1 Å². The minimum atomic E-state index is -4.00. The van der Waals surface area contributed by atoms with Crippen molar-refractivity contribution in [2.24, 2.45) is 0 Å². The van der Waals surface area contributed by atoms with E-state index in [1.807, 2.05) is 0 Å². The Balaban J connectivity index is 2.69. The molecule has 96 valence electrons. The van der Waals surface area contributed by atoms with E-state index in [-0.39, 0.29) is 15.7 Å². The normalized spacial score (nSPS) is 11.8. The Morgan fingerprint density at radius 3 is 2.56 bits per heavy atom. The predicted molar refractivity (Wildman–Crippen MR) is 66.3 cm³/mol. The standard InChI is InChI=1S/C10H7Cl2FN2O2S/c1-6-9(18(12,16)17)10(11)15(14-6)8-4-2-3-7(13)5-8/h2-5H,1H3. The van der Waals surface area contributed by atoms with Gasteiger partial charge in [-0.15, -0.1) is 0 Å². The Hall–Kier alpha value is -1.11. The second-order valence-corrected chi connectivity index (χ2v) is 6.40. The van der Waals surface area contributed by atoms with Gasteiger partial charge in [0, 0.05) is 10.7 Å². The lowest BCUT2D eigenvalue weighted by Crippen LogP contribution is -1.97. The molecular formula is C10H7Cl2FN2O2S. The fraction of sp³-hybridized carbons (Fsp3) is 0.100. The summed E-state index contributed by atoms with van der Waals surface area (Å²) in [5.41, 5.74) is 0.467. The van der Waals surface area contributed by atoms with Gasteiger partial charge in [-0.2, -0.15) is 5.10 Å². The molecule has 18 heavy (non-hydrogen) atoms. The monoisotopic (exact) mass is 308 g/mol. The fourth-order valence-electron chi connectivity index (χ4n) is 1.54. The van der Waals surface area contributed by atoms with Crippen LogP contribution in [0.25, 0.3) is 5.69 Å². The molecule has 0 aliphatic heterocycles. The van der Waals surface area contributed by atoms with Crippen molar-refractivity contribution in [2.45, 2.75) is 11.8 Å². The maximum Gasteiger partial charge on any atom is 0.266 e. The van der Waals surface area contributed by atoms with E-state index in [2.05, 4.69) is 5.10 Å². The highest BCUT2D eigenvalue weighted by atomic mass is 35.7. The minimum Gasteiger partial charge on any atom is -0.220 e. The Bertz CT molecular complexity index is 713. The topological polar surface area (TPSA) is 52.0 Å². The molecule has 0 bridgehead atoms. The summed E-state index contributed by atoms with van der Waals surface area (Å²) in [5.74, 6) is -0.480. The first kappa shape index (κ1) is 13.3. The molecule has 0 amide bonds. The molecule has 0 aliphatic carbocycles. The molecule has 2 rings (SSSR count). The van der Waals surface area contributed by atoms with E-state index >= 15 is 0 Å². The maximum atomic E-state index is 13.1. The number of rotatable bonds is 2. The smallest absolute Gasteiger partial charge is 0.220 e. The van der Waals surface area contributed by atoms with Gasteiger partial charge in [-0.3, -0.25) is 0 Å². The second-order valence-electron chi connectivity index (χ2n) is 3.53. The number of aryl methyl sites for hydroxylation is 1. The molecule has 0 fully saturated rings. The van der Waals surface area contributed by atoms with Crippen LogP contribution in [0.2, 0.25) is 5.15 Å². The van der Waals surface area contributed by atoms with E-state index in [0.717, 1.165) is 4.68 Å². The van der Waals surface area contributed by atoms with Gasteiger partial charge < -0.3 is 0 Å². The molecule has 4 nitrogen and oxygen atoms in total. The molecule has 8 heteroatoms. The molecule has 0 radical (unpaired) electrons. The van der Waals surface area contributed by atoms with E-state index in [1.165, 1.54) is 25.1 Å². The number of nitrogens with zero attached hydrogens (tertiary/aromatic N) is 2. The molecule has 0 unspecified atom stereocenters. The second kappa shape index (κ2) is 4.53. The Morgan fingerprint density at radius 2 is 2.06 bits per heavy atom. The van der Waals surface area contributed by atoms with Crippen LogP contribution in [-0.2, 0) is 9.05 Å². The van der Waals surface area contributed by atoms with Crippen molar-refractivity contribution in [3.05, 3.63) is 40.9 Å². The van der Waals surface area contributed by atoms with Crippen LogP contribution < -0.4 is 0 Å². The molecule has 2 aromatic rings. The lowest BCUT2D eigenvalue weighted by molar-refractivity contribution is 0.609. The molecular weight excluding hydrogens is 302 g/mol. The first-order valence-electron chi connectivity index (χ1n) is 4.76. The summed E-state index contributed by atoms with van der Waals surface area (Å²) in [5, 5.41) is 3.77. The van der Waals surface area contributed by atoms with Crippen LogP contribution in [0.15, 0.2) is 29.2 Å². The Labute approximate surface area is 112 Å². The van der Waals surface area contributed by atoms with Crippen molar-refractivity contribution in [1.29, 1.82) is 0 Å². The van der Waals surface area contributed by atoms with Gasteiger partial charge in [0.05, 0.1) is 11.4 Å². The Kier molecular flexibility index (Phi) is 3.35. The molecule has 0 atom stereocenters. The quantitative estimate of drug-likeness (QED) is 0.802. The number of halogens is 3. The van der Waals surface area contributed by atoms with Gasteiger partial charge in [0.2, 0.25) is 0 Å². The third kappa shape index (κ3) is 2.36. The first-order chi connectivity index (χ1) is 8.30. The summed E-state index contributed by atoms with van der Waals surface area (Å²) in [6.45, 7) is 1.46. The van der Waals surface area contributed by atoms with Crippen molar-refractivity contribution in [2.75, 3.05) is 0 Å². The van der Waals surface area contributed by atoms with Crippen LogP contribution >= 0.6 is 22.3 Å². The van der Waals surface area contributed by atoms with Crippen molar-refractivity contribution in [3.63, 3.8) is 0 Å². The van der Waals surface area contributed by atoms with Gasteiger partial charge >= 0.3 is 0 Å². The highest BCUT2D eigenvalue weighted by molar-refractivity contribution is 8.13. The SMILES string of the molecule is Cc1nn(-c2cccc(F)c2)c(Cl)c1S(=O)(=O)Cl. The van der Waals surface area contributed by atoms with Crippen LogP contribution in [0.1, 0.15) is 5.69 Å². The van der Waals surface area contributed by atoms with Gasteiger partial charge in [0.15, 0.2) is 5.15 Å². The molecule has 0 saturated carbocycles. The van der Waals surface area contributed by atoms with Crippen molar-refractivity contribution >= 4 is 31.3 Å². The van der Waals surface area contributed by atoms with Crippen LogP contribution in [0.5, 0.6) is 0 Å². The zero-order valence-corrected chi connectivity index (χ0v) is 11.4. The summed E-state index contributed by atoms with van der Waals surface area (Å²) in [6.07, 6.45) is 0. The minimum absolute atomic E-state index is 0.152.